The van der Waals surface area contributed by atoms with Crippen LogP contribution in [0.5, 0.6) is 0 Å². The second-order valence-electron chi connectivity index (χ2n) is 8.00. The van der Waals surface area contributed by atoms with Gasteiger partial charge in [0.2, 0.25) is 5.89 Å². The summed E-state index contributed by atoms with van der Waals surface area (Å²) < 4.78 is 13.1. The number of nitrogens with one attached hydrogen (secondary N) is 1. The van der Waals surface area contributed by atoms with Crippen LogP contribution in [0, 0.1) is 6.92 Å². The maximum Gasteiger partial charge on any atom is 0.273 e. The Morgan fingerprint density at radius 1 is 1.27 bits per heavy atom. The van der Waals surface area contributed by atoms with Gasteiger partial charge in [-0.1, -0.05) is 0 Å². The molecular formula is C22H24N8O3. The smallest absolute Gasteiger partial charge is 0.273 e. The van der Waals surface area contributed by atoms with Gasteiger partial charge in [-0.05, 0) is 26.1 Å². The lowest BCUT2D eigenvalue weighted by molar-refractivity contribution is -0.0175. The third kappa shape index (κ3) is 4.15. The maximum absolute atomic E-state index is 13.0. The predicted octanol–water partition coefficient (Wildman–Crippen LogP) is 1.40. The molecule has 11 nitrogen and oxygen atoms in total. The Morgan fingerprint density at radius 2 is 2.15 bits per heavy atom. The molecule has 0 bridgehead atoms. The Kier molecular flexibility index (Phi) is 5.48. The number of nitrogens with zero attached hydrogens (tertiary/aromatic N) is 6. The van der Waals surface area contributed by atoms with Crippen molar-refractivity contribution in [3.8, 4) is 22.8 Å². The molecule has 1 unspecified atom stereocenters. The zero-order chi connectivity index (χ0) is 22.9. The monoisotopic (exact) mass is 448 g/mol. The van der Waals surface area contributed by atoms with E-state index in [1.54, 1.807) is 6.20 Å². The Balaban J connectivity index is 1.51. The molecule has 4 aromatic heterocycles. The van der Waals surface area contributed by atoms with Crippen LogP contribution in [0.3, 0.4) is 0 Å². The molecule has 1 amide bonds. The van der Waals surface area contributed by atoms with Crippen LogP contribution >= 0.6 is 0 Å². The SMILES string of the molecule is Cc1cnc2ccc(-c3nc(C(=O)NCC4CN(C)CCO4)c(N)nc3-c3ncco3)cn12. The molecule has 0 saturated carbocycles. The van der Waals surface area contributed by atoms with Crippen molar-refractivity contribution in [3.63, 3.8) is 0 Å². The number of hydrogen-bond donors (Lipinski definition) is 2. The van der Waals surface area contributed by atoms with Gasteiger partial charge in [-0.15, -0.1) is 0 Å². The molecule has 33 heavy (non-hydrogen) atoms. The number of ether oxygens (including phenoxy) is 1. The van der Waals surface area contributed by atoms with E-state index < -0.39 is 5.91 Å². The Morgan fingerprint density at radius 3 is 2.94 bits per heavy atom. The van der Waals surface area contributed by atoms with Crippen LogP contribution in [0.1, 0.15) is 16.2 Å². The van der Waals surface area contributed by atoms with Crippen LogP contribution in [0.25, 0.3) is 28.5 Å². The molecule has 1 atom stereocenters. The first-order valence-corrected chi connectivity index (χ1v) is 10.6. The number of likely N-dealkylation sites (N-methyl/N-ethyl adjacent to an activating group) is 1. The van der Waals surface area contributed by atoms with Crippen molar-refractivity contribution in [1.29, 1.82) is 0 Å². The number of rotatable bonds is 5. The molecule has 170 valence electrons. The minimum absolute atomic E-state index is 0.00831. The highest BCUT2D eigenvalue weighted by atomic mass is 16.5. The summed E-state index contributed by atoms with van der Waals surface area (Å²) in [7, 11) is 2.02. The number of aromatic nitrogens is 5. The average Bonchev–Trinajstić information content (AvgIpc) is 3.47. The van der Waals surface area contributed by atoms with Crippen molar-refractivity contribution < 1.29 is 13.9 Å². The Bertz CT molecular complexity index is 1300. The minimum atomic E-state index is -0.420. The second kappa shape index (κ2) is 8.60. The number of aryl methyl sites for hydroxylation is 1. The lowest BCUT2D eigenvalue weighted by atomic mass is 10.1. The molecule has 0 spiro atoms. The van der Waals surface area contributed by atoms with Gasteiger partial charge < -0.3 is 29.5 Å². The Labute approximate surface area is 189 Å². The summed E-state index contributed by atoms with van der Waals surface area (Å²) in [5, 5.41) is 2.87. The van der Waals surface area contributed by atoms with E-state index >= 15 is 0 Å². The summed E-state index contributed by atoms with van der Waals surface area (Å²) >= 11 is 0. The number of nitrogens with two attached hydrogens (primary N) is 1. The number of hydrogen-bond acceptors (Lipinski definition) is 9. The van der Waals surface area contributed by atoms with E-state index in [0.717, 1.165) is 30.0 Å². The first-order chi connectivity index (χ1) is 16.0. The van der Waals surface area contributed by atoms with Gasteiger partial charge in [0.05, 0.1) is 18.9 Å². The van der Waals surface area contributed by atoms with E-state index in [0.29, 0.717) is 24.5 Å². The second-order valence-corrected chi connectivity index (χ2v) is 8.00. The zero-order valence-corrected chi connectivity index (χ0v) is 18.4. The first kappa shape index (κ1) is 21.0. The van der Waals surface area contributed by atoms with Crippen LogP contribution in [-0.4, -0.2) is 74.5 Å². The average molecular weight is 448 g/mol. The van der Waals surface area contributed by atoms with E-state index in [4.69, 9.17) is 14.9 Å². The van der Waals surface area contributed by atoms with Gasteiger partial charge >= 0.3 is 0 Å². The van der Waals surface area contributed by atoms with E-state index in [1.165, 1.54) is 12.5 Å². The highest BCUT2D eigenvalue weighted by molar-refractivity contribution is 5.97. The third-order valence-electron chi connectivity index (χ3n) is 5.57. The summed E-state index contributed by atoms with van der Waals surface area (Å²) in [6.45, 7) is 4.54. The van der Waals surface area contributed by atoms with Crippen molar-refractivity contribution in [3.05, 3.63) is 48.4 Å². The lowest BCUT2D eigenvalue weighted by Gasteiger charge is -2.30. The lowest BCUT2D eigenvalue weighted by Crippen LogP contribution is -2.46. The number of oxazole rings is 1. The highest BCUT2D eigenvalue weighted by Crippen LogP contribution is 2.30. The van der Waals surface area contributed by atoms with Gasteiger partial charge in [0.1, 0.15) is 17.6 Å². The van der Waals surface area contributed by atoms with Crippen LogP contribution in [-0.2, 0) is 4.74 Å². The molecule has 11 heteroatoms. The molecule has 0 aromatic carbocycles. The number of anilines is 1. The third-order valence-corrected chi connectivity index (χ3v) is 5.57. The largest absolute Gasteiger partial charge is 0.443 e. The van der Waals surface area contributed by atoms with Crippen LogP contribution in [0.2, 0.25) is 0 Å². The van der Waals surface area contributed by atoms with E-state index in [2.05, 4.69) is 30.2 Å². The standard InChI is InChI=1S/C22H24N8O3/c1-13-9-25-16-4-3-14(11-30(13)16)17-18(22-24-5-7-33-22)28-20(23)19(27-17)21(31)26-10-15-12-29(2)6-8-32-15/h3-5,7,9,11,15H,6,8,10,12H2,1-2H3,(H2,23,28)(H,26,31). The fourth-order valence-corrected chi connectivity index (χ4v) is 3.83. The molecule has 1 aliphatic heterocycles. The van der Waals surface area contributed by atoms with Crippen LogP contribution in [0.15, 0.2) is 41.4 Å². The summed E-state index contributed by atoms with van der Waals surface area (Å²) in [4.78, 5) is 32.7. The van der Waals surface area contributed by atoms with Crippen molar-refractivity contribution in [2.75, 3.05) is 39.0 Å². The van der Waals surface area contributed by atoms with Crippen LogP contribution < -0.4 is 11.1 Å². The molecule has 1 aliphatic rings. The fourth-order valence-electron chi connectivity index (χ4n) is 3.83. The van der Waals surface area contributed by atoms with Gasteiger partial charge in [0.15, 0.2) is 17.2 Å². The molecule has 0 aliphatic carbocycles. The van der Waals surface area contributed by atoms with E-state index in [-0.39, 0.29) is 23.5 Å². The summed E-state index contributed by atoms with van der Waals surface area (Å²) in [6, 6.07) is 3.73. The number of pyridine rings is 1. The Hall–Kier alpha value is -3.83. The number of fused-ring (bicyclic) bond motifs is 1. The van der Waals surface area contributed by atoms with Gasteiger partial charge in [0, 0.05) is 43.3 Å². The quantitative estimate of drug-likeness (QED) is 0.464. The number of nitrogen functional groups attached to an aromatic ring is 1. The normalized spacial score (nSPS) is 16.8. The molecule has 5 rings (SSSR count). The van der Waals surface area contributed by atoms with E-state index in [1.807, 2.05) is 36.7 Å². The summed E-state index contributed by atoms with van der Waals surface area (Å²) in [5.41, 5.74) is 9.44. The number of imidazole rings is 1. The molecular weight excluding hydrogens is 424 g/mol. The number of carbonyl (C=O) groups is 1. The molecule has 1 saturated heterocycles. The summed E-state index contributed by atoms with van der Waals surface area (Å²) in [5.74, 6) is -0.166. The molecule has 4 aromatic rings. The zero-order valence-electron chi connectivity index (χ0n) is 18.4. The van der Waals surface area contributed by atoms with Crippen molar-refractivity contribution in [1.82, 2.24) is 34.6 Å². The first-order valence-electron chi connectivity index (χ1n) is 10.6. The molecule has 5 heterocycles. The number of amides is 1. The highest BCUT2D eigenvalue weighted by Gasteiger charge is 2.24. The summed E-state index contributed by atoms with van der Waals surface area (Å²) in [6.07, 6.45) is 6.54. The van der Waals surface area contributed by atoms with E-state index in [9.17, 15) is 4.79 Å². The fraction of sp³-hybridized carbons (Fsp3) is 0.318. The van der Waals surface area contributed by atoms with Gasteiger partial charge in [-0.25, -0.2) is 19.9 Å². The van der Waals surface area contributed by atoms with Crippen molar-refractivity contribution in [2.24, 2.45) is 0 Å². The van der Waals surface area contributed by atoms with Gasteiger partial charge in [0.25, 0.3) is 5.91 Å². The van der Waals surface area contributed by atoms with Crippen molar-refractivity contribution in [2.45, 2.75) is 13.0 Å². The number of morpholine rings is 1. The minimum Gasteiger partial charge on any atom is -0.443 e. The molecule has 1 fully saturated rings. The van der Waals surface area contributed by atoms with Gasteiger partial charge in [-0.2, -0.15) is 0 Å². The maximum atomic E-state index is 13.0. The number of carbonyl (C=O) groups excluding carboxylic acids is 1. The topological polar surface area (TPSA) is 137 Å². The van der Waals surface area contributed by atoms with Crippen molar-refractivity contribution >= 4 is 17.4 Å². The van der Waals surface area contributed by atoms with Gasteiger partial charge in [-0.3, -0.25) is 4.79 Å². The predicted molar refractivity (Wildman–Crippen MR) is 120 cm³/mol. The molecule has 3 N–H and O–H groups in total. The molecule has 0 radical (unpaired) electrons. The van der Waals surface area contributed by atoms with Crippen LogP contribution in [0.4, 0.5) is 5.82 Å².